The van der Waals surface area contributed by atoms with E-state index in [0.29, 0.717) is 56.6 Å². The van der Waals surface area contributed by atoms with Crippen molar-refractivity contribution < 1.29 is 37.0 Å². The number of carbonyl (C=O) groups excluding carboxylic acids is 1. The highest BCUT2D eigenvalue weighted by atomic mass is 19.2. The zero-order valence-corrected chi connectivity index (χ0v) is 28.4. The van der Waals surface area contributed by atoms with Crippen LogP contribution in [0.5, 0.6) is 6.01 Å². The summed E-state index contributed by atoms with van der Waals surface area (Å²) in [7, 11) is 1.77. The van der Waals surface area contributed by atoms with Gasteiger partial charge in [0.2, 0.25) is 5.91 Å². The third-order valence-electron chi connectivity index (χ3n) is 11.2. The first kappa shape index (κ1) is 34.1. The highest BCUT2D eigenvalue weighted by molar-refractivity contribution is 5.99. The Morgan fingerprint density at radius 2 is 1.92 bits per heavy atom. The Labute approximate surface area is 296 Å². The number of rotatable bonds is 8. The molecule has 15 heteroatoms. The van der Waals surface area contributed by atoms with Crippen LogP contribution in [-0.4, -0.2) is 117 Å². The SMILES string of the molecule is CN(c1nc(OC[C@@]23CCCN2C[C@H](F)C3)nc2c(F)c(-c3cccc4ccc(F)c(F)c34)ncc12)[C@@H]1CCN(C(=O)/C=C/[C@@H]2CCN2C(=O)O)C1. The van der Waals surface area contributed by atoms with Gasteiger partial charge in [0.1, 0.15) is 29.8 Å². The largest absolute Gasteiger partial charge is 0.465 e. The van der Waals surface area contributed by atoms with Crippen LogP contribution < -0.4 is 9.64 Å². The molecule has 2 amide bonds. The maximum atomic E-state index is 16.7. The zero-order valence-electron chi connectivity index (χ0n) is 28.4. The van der Waals surface area contributed by atoms with Crippen molar-refractivity contribution in [2.45, 2.75) is 55.9 Å². The highest BCUT2D eigenvalue weighted by Gasteiger charge is 2.49. The van der Waals surface area contributed by atoms with Gasteiger partial charge in [0.25, 0.3) is 0 Å². The summed E-state index contributed by atoms with van der Waals surface area (Å²) < 4.78 is 67.0. The Morgan fingerprint density at radius 1 is 1.08 bits per heavy atom. The number of amides is 2. The summed E-state index contributed by atoms with van der Waals surface area (Å²) in [5.74, 6) is -3.02. The number of likely N-dealkylation sites (N-methyl/N-ethyl adjacent to an activating group) is 1. The van der Waals surface area contributed by atoms with Gasteiger partial charge in [-0.05, 0) is 43.7 Å². The first-order valence-corrected chi connectivity index (χ1v) is 17.5. The van der Waals surface area contributed by atoms with Gasteiger partial charge in [-0.3, -0.25) is 14.7 Å². The normalized spacial score (nSPS) is 24.6. The number of fused-ring (bicyclic) bond motifs is 3. The lowest BCUT2D eigenvalue weighted by molar-refractivity contribution is -0.125. The molecule has 8 rings (SSSR count). The fourth-order valence-electron chi connectivity index (χ4n) is 8.27. The molecule has 4 fully saturated rings. The molecule has 4 aromatic rings. The molecular formula is C37H37F4N7O4. The van der Waals surface area contributed by atoms with E-state index in [4.69, 9.17) is 9.72 Å². The molecule has 4 atom stereocenters. The first-order valence-electron chi connectivity index (χ1n) is 17.5. The van der Waals surface area contributed by atoms with E-state index in [0.717, 1.165) is 25.5 Å². The molecule has 0 bridgehead atoms. The van der Waals surface area contributed by atoms with E-state index in [2.05, 4.69) is 14.9 Å². The van der Waals surface area contributed by atoms with E-state index in [1.54, 1.807) is 30.2 Å². The molecule has 4 aliphatic heterocycles. The Bertz CT molecular complexity index is 2120. The Morgan fingerprint density at radius 3 is 2.71 bits per heavy atom. The van der Waals surface area contributed by atoms with Crippen LogP contribution in [-0.2, 0) is 4.79 Å². The number of carboxylic acid groups (broad SMARTS) is 1. The molecule has 0 aliphatic carbocycles. The van der Waals surface area contributed by atoms with Gasteiger partial charge in [-0.15, -0.1) is 0 Å². The number of ether oxygens (including phenoxy) is 1. The average Bonchev–Trinajstić information content (AvgIpc) is 3.83. The average molecular weight is 720 g/mol. The molecule has 2 aromatic heterocycles. The second kappa shape index (κ2) is 13.2. The van der Waals surface area contributed by atoms with Crippen LogP contribution in [0.2, 0.25) is 0 Å². The van der Waals surface area contributed by atoms with Gasteiger partial charge in [-0.2, -0.15) is 9.97 Å². The topological polar surface area (TPSA) is 115 Å². The van der Waals surface area contributed by atoms with Crippen molar-refractivity contribution in [2.24, 2.45) is 0 Å². The fraction of sp³-hybridized carbons (Fsp3) is 0.432. The van der Waals surface area contributed by atoms with E-state index < -0.39 is 35.3 Å². The minimum atomic E-state index is -1.12. The number of benzene rings is 2. The molecule has 4 aliphatic rings. The Hall–Kier alpha value is -5.05. The van der Waals surface area contributed by atoms with Gasteiger partial charge >= 0.3 is 12.1 Å². The summed E-state index contributed by atoms with van der Waals surface area (Å²) in [6.45, 7) is 2.37. The number of hydrogen-bond acceptors (Lipinski definition) is 8. The van der Waals surface area contributed by atoms with Crippen molar-refractivity contribution >= 4 is 39.5 Å². The fourth-order valence-corrected chi connectivity index (χ4v) is 8.27. The lowest BCUT2D eigenvalue weighted by Crippen LogP contribution is -2.49. The maximum absolute atomic E-state index is 16.7. The molecule has 6 heterocycles. The number of hydrogen-bond donors (Lipinski definition) is 1. The summed E-state index contributed by atoms with van der Waals surface area (Å²) in [6, 6.07) is 6.41. The minimum absolute atomic E-state index is 0.0525. The van der Waals surface area contributed by atoms with E-state index in [-0.39, 0.29) is 58.2 Å². The predicted molar refractivity (Wildman–Crippen MR) is 184 cm³/mol. The van der Waals surface area contributed by atoms with E-state index in [9.17, 15) is 23.5 Å². The summed E-state index contributed by atoms with van der Waals surface area (Å²) in [4.78, 5) is 44.8. The predicted octanol–water partition coefficient (Wildman–Crippen LogP) is 5.56. The summed E-state index contributed by atoms with van der Waals surface area (Å²) >= 11 is 0. The van der Waals surface area contributed by atoms with Crippen LogP contribution >= 0.6 is 0 Å². The number of aromatic nitrogens is 3. The molecule has 0 unspecified atom stereocenters. The first-order chi connectivity index (χ1) is 25.0. The second-order valence-electron chi connectivity index (χ2n) is 14.2. The minimum Gasteiger partial charge on any atom is -0.465 e. The monoisotopic (exact) mass is 719 g/mol. The van der Waals surface area contributed by atoms with Gasteiger partial charge in [-0.1, -0.05) is 30.3 Å². The van der Waals surface area contributed by atoms with E-state index in [1.807, 2.05) is 4.90 Å². The van der Waals surface area contributed by atoms with Gasteiger partial charge in [0, 0.05) is 68.9 Å². The van der Waals surface area contributed by atoms with E-state index >= 15 is 8.78 Å². The third-order valence-corrected chi connectivity index (χ3v) is 11.2. The van der Waals surface area contributed by atoms with Gasteiger partial charge in [-0.25, -0.2) is 22.4 Å². The molecule has 0 saturated carbocycles. The molecule has 52 heavy (non-hydrogen) atoms. The number of alkyl halides is 1. The number of anilines is 1. The molecule has 11 nitrogen and oxygen atoms in total. The molecule has 0 spiro atoms. The highest BCUT2D eigenvalue weighted by Crippen LogP contribution is 2.41. The standard InChI is InChI=1S/C37H37F4N7O4/c1-45(24-10-14-46(19-24)28(49)9-7-23-11-15-48(23)36(50)51)34-26-17-42-32(25-5-2-4-21-6-8-27(39)30(40)29(21)25)31(41)33(26)43-35(44-34)52-20-37-12-3-13-47(37)18-22(38)16-37/h2,4-9,17,22-24H,3,10-16,18-20H2,1H3,(H,50,51)/b9-7+/t22-,23-,24-,37+/m1/s1. The van der Waals surface area contributed by atoms with Crippen LogP contribution in [0.3, 0.4) is 0 Å². The van der Waals surface area contributed by atoms with Crippen molar-refractivity contribution in [3.8, 4) is 17.3 Å². The lowest BCUT2D eigenvalue weighted by atomic mass is 9.95. The number of halogens is 4. The van der Waals surface area contributed by atoms with Crippen molar-refractivity contribution in [3.05, 3.63) is 66.1 Å². The van der Waals surface area contributed by atoms with Crippen LogP contribution in [0.15, 0.2) is 48.7 Å². The summed E-state index contributed by atoms with van der Waals surface area (Å²) in [6.07, 6.45) is 5.59. The van der Waals surface area contributed by atoms with Crippen molar-refractivity contribution in [2.75, 3.05) is 51.3 Å². The maximum Gasteiger partial charge on any atom is 0.407 e. The van der Waals surface area contributed by atoms with Crippen LogP contribution in [0, 0.1) is 17.5 Å². The van der Waals surface area contributed by atoms with Crippen molar-refractivity contribution in [3.63, 3.8) is 0 Å². The summed E-state index contributed by atoms with van der Waals surface area (Å²) in [5, 5.41) is 9.77. The van der Waals surface area contributed by atoms with E-state index in [1.165, 1.54) is 29.3 Å². The zero-order chi connectivity index (χ0) is 36.3. The molecular weight excluding hydrogens is 682 g/mol. The second-order valence-corrected chi connectivity index (χ2v) is 14.2. The number of nitrogens with zero attached hydrogens (tertiary/aromatic N) is 7. The smallest absolute Gasteiger partial charge is 0.407 e. The Balaban J connectivity index is 1.13. The van der Waals surface area contributed by atoms with Crippen LogP contribution in [0.25, 0.3) is 32.9 Å². The lowest BCUT2D eigenvalue weighted by Gasteiger charge is -2.36. The third kappa shape index (κ3) is 5.84. The molecule has 0 radical (unpaired) electrons. The number of carbonyl (C=O) groups is 2. The number of pyridine rings is 1. The van der Waals surface area contributed by atoms with Gasteiger partial charge in [0.05, 0.1) is 17.0 Å². The summed E-state index contributed by atoms with van der Waals surface area (Å²) in [5.41, 5.74) is -0.831. The van der Waals surface area contributed by atoms with Crippen molar-refractivity contribution in [1.82, 2.24) is 29.7 Å². The quantitative estimate of drug-likeness (QED) is 0.185. The molecule has 2 aromatic carbocycles. The van der Waals surface area contributed by atoms with Crippen LogP contribution in [0.1, 0.15) is 32.1 Å². The molecule has 272 valence electrons. The van der Waals surface area contributed by atoms with Gasteiger partial charge in [0.15, 0.2) is 17.5 Å². The molecule has 1 N–H and O–H groups in total. The number of likely N-dealkylation sites (tertiary alicyclic amines) is 2. The van der Waals surface area contributed by atoms with Crippen molar-refractivity contribution in [1.29, 1.82) is 0 Å². The Kier molecular flexibility index (Phi) is 8.63. The van der Waals surface area contributed by atoms with Crippen LogP contribution in [0.4, 0.5) is 28.2 Å². The van der Waals surface area contributed by atoms with Gasteiger partial charge < -0.3 is 24.5 Å². The molecule has 4 saturated heterocycles.